The van der Waals surface area contributed by atoms with Crippen LogP contribution >= 0.6 is 0 Å². The van der Waals surface area contributed by atoms with Crippen LogP contribution in [0.2, 0.25) is 0 Å². The molecule has 1 aromatic carbocycles. The number of nitrogens with zero attached hydrogens (tertiary/aromatic N) is 1. The van der Waals surface area contributed by atoms with Gasteiger partial charge < -0.3 is 9.47 Å². The fourth-order valence-corrected chi connectivity index (χ4v) is 2.53. The third-order valence-corrected chi connectivity index (χ3v) is 3.66. The largest absolute Gasteiger partial charge is 0.460 e. The van der Waals surface area contributed by atoms with Crippen LogP contribution < -0.4 is 0 Å². The lowest BCUT2D eigenvalue weighted by molar-refractivity contribution is -0.159. The van der Waals surface area contributed by atoms with E-state index in [9.17, 15) is 9.59 Å². The summed E-state index contributed by atoms with van der Waals surface area (Å²) in [5, 5.41) is 0. The van der Waals surface area contributed by atoms with E-state index in [4.69, 9.17) is 9.47 Å². The van der Waals surface area contributed by atoms with Crippen molar-refractivity contribution >= 4 is 11.9 Å². The molecule has 25 heavy (non-hydrogen) atoms. The summed E-state index contributed by atoms with van der Waals surface area (Å²) >= 11 is 0. The lowest BCUT2D eigenvalue weighted by atomic mass is 10.1. The summed E-state index contributed by atoms with van der Waals surface area (Å²) in [5.41, 5.74) is 0.409. The van der Waals surface area contributed by atoms with Gasteiger partial charge in [0.25, 0.3) is 0 Å². The van der Waals surface area contributed by atoms with Gasteiger partial charge in [0.15, 0.2) is 0 Å². The van der Waals surface area contributed by atoms with Gasteiger partial charge in [0.05, 0.1) is 6.54 Å². The van der Waals surface area contributed by atoms with Crippen LogP contribution in [0, 0.1) is 0 Å². The smallest absolute Gasteiger partial charge is 0.323 e. The fourth-order valence-electron chi connectivity index (χ4n) is 2.53. The summed E-state index contributed by atoms with van der Waals surface area (Å²) < 4.78 is 10.8. The Bertz CT molecular complexity index is 536. The Balaban J connectivity index is 2.70. The maximum atomic E-state index is 12.6. The molecule has 0 aromatic heterocycles. The van der Waals surface area contributed by atoms with Crippen molar-refractivity contribution in [3.05, 3.63) is 35.9 Å². The van der Waals surface area contributed by atoms with E-state index in [1.807, 2.05) is 69.9 Å². The highest BCUT2D eigenvalue weighted by atomic mass is 16.6. The zero-order chi connectivity index (χ0) is 18.9. The second-order valence-corrected chi connectivity index (χ2v) is 7.05. The average Bonchev–Trinajstić information content (AvgIpc) is 2.55. The van der Waals surface area contributed by atoms with Gasteiger partial charge in [0, 0.05) is 0 Å². The highest BCUT2D eigenvalue weighted by Crippen LogP contribution is 2.13. The van der Waals surface area contributed by atoms with Gasteiger partial charge >= 0.3 is 11.9 Å². The maximum absolute atomic E-state index is 12.6. The predicted octanol–water partition coefficient (Wildman–Crippen LogP) is 3.56. The Morgan fingerprint density at radius 2 is 1.76 bits per heavy atom. The van der Waals surface area contributed by atoms with E-state index < -0.39 is 11.6 Å². The first-order chi connectivity index (χ1) is 11.8. The van der Waals surface area contributed by atoms with Gasteiger partial charge in [-0.25, -0.2) is 0 Å². The molecule has 0 amide bonds. The van der Waals surface area contributed by atoms with Crippen LogP contribution in [0.1, 0.15) is 53.0 Å². The molecule has 0 unspecified atom stereocenters. The summed E-state index contributed by atoms with van der Waals surface area (Å²) in [6.07, 6.45) is 1.47. The van der Waals surface area contributed by atoms with Crippen LogP contribution in [0.5, 0.6) is 0 Å². The van der Waals surface area contributed by atoms with Crippen LogP contribution in [-0.2, 0) is 25.7 Å². The van der Waals surface area contributed by atoms with E-state index in [0.29, 0.717) is 13.0 Å². The first-order valence-electron chi connectivity index (χ1n) is 8.93. The minimum Gasteiger partial charge on any atom is -0.460 e. The summed E-state index contributed by atoms with van der Waals surface area (Å²) in [5.74, 6) is -0.623. The van der Waals surface area contributed by atoms with Gasteiger partial charge in [-0.1, -0.05) is 50.6 Å². The van der Waals surface area contributed by atoms with Crippen molar-refractivity contribution in [2.75, 3.05) is 13.1 Å². The number of ether oxygens (including phenoxy) is 2. The molecule has 140 valence electrons. The van der Waals surface area contributed by atoms with Crippen LogP contribution in [0.4, 0.5) is 0 Å². The van der Waals surface area contributed by atoms with E-state index in [1.54, 1.807) is 0 Å². The highest BCUT2D eigenvalue weighted by Gasteiger charge is 2.28. The van der Waals surface area contributed by atoms with Gasteiger partial charge in [-0.05, 0) is 39.3 Å². The topological polar surface area (TPSA) is 55.8 Å². The van der Waals surface area contributed by atoms with Gasteiger partial charge in [-0.15, -0.1) is 0 Å². The SMILES string of the molecule is CCC[C@H](C(=O)OCc1ccccc1)N(CC)CC(=O)OC(C)(C)C. The number of carbonyl (C=O) groups excluding carboxylic acids is 2. The molecule has 1 aromatic rings. The molecule has 0 spiro atoms. The number of carbonyl (C=O) groups is 2. The highest BCUT2D eigenvalue weighted by molar-refractivity contribution is 5.78. The molecule has 1 atom stereocenters. The number of likely N-dealkylation sites (N-methyl/N-ethyl adjacent to an activating group) is 1. The van der Waals surface area contributed by atoms with Crippen LogP contribution in [-0.4, -0.2) is 41.6 Å². The van der Waals surface area contributed by atoms with E-state index in [1.165, 1.54) is 0 Å². The normalized spacial score (nSPS) is 12.7. The first kappa shape index (κ1) is 21.2. The zero-order valence-electron chi connectivity index (χ0n) is 16.1. The molecule has 5 nitrogen and oxygen atoms in total. The molecular weight excluding hydrogens is 318 g/mol. The molecule has 1 rings (SSSR count). The van der Waals surface area contributed by atoms with Crippen molar-refractivity contribution in [3.8, 4) is 0 Å². The molecule has 0 aliphatic rings. The number of hydrogen-bond acceptors (Lipinski definition) is 5. The third kappa shape index (κ3) is 8.16. The van der Waals surface area contributed by atoms with Crippen molar-refractivity contribution in [3.63, 3.8) is 0 Å². The Kier molecular flexibility index (Phi) is 8.62. The minimum atomic E-state index is -0.537. The van der Waals surface area contributed by atoms with Crippen LogP contribution in [0.25, 0.3) is 0 Å². The van der Waals surface area contributed by atoms with Gasteiger partial charge in [-0.3, -0.25) is 14.5 Å². The van der Waals surface area contributed by atoms with Crippen molar-refractivity contribution in [1.29, 1.82) is 0 Å². The van der Waals surface area contributed by atoms with Crippen LogP contribution in [0.3, 0.4) is 0 Å². The summed E-state index contributed by atoms with van der Waals surface area (Å²) in [6, 6.07) is 9.14. The van der Waals surface area contributed by atoms with Crippen molar-refractivity contribution < 1.29 is 19.1 Å². The van der Waals surface area contributed by atoms with Gasteiger partial charge in [-0.2, -0.15) is 0 Å². The molecule has 0 fully saturated rings. The quantitative estimate of drug-likeness (QED) is 0.638. The standard InChI is InChI=1S/C20H31NO4/c1-6-11-17(19(23)24-15-16-12-9-8-10-13-16)21(7-2)14-18(22)25-20(3,4)5/h8-10,12-13,17H,6-7,11,14-15H2,1-5H3/t17-/m1/s1. The molecule has 0 radical (unpaired) electrons. The summed E-state index contributed by atoms with van der Waals surface area (Å²) in [7, 11) is 0. The molecule has 0 N–H and O–H groups in total. The van der Waals surface area contributed by atoms with E-state index in [0.717, 1.165) is 12.0 Å². The Labute approximate surface area is 151 Å². The maximum Gasteiger partial charge on any atom is 0.323 e. The zero-order valence-corrected chi connectivity index (χ0v) is 16.1. The number of benzene rings is 1. The molecule has 0 aliphatic carbocycles. The summed E-state index contributed by atoms with van der Waals surface area (Å²) in [4.78, 5) is 26.5. The second-order valence-electron chi connectivity index (χ2n) is 7.05. The van der Waals surface area contributed by atoms with E-state index in [2.05, 4.69) is 0 Å². The molecule has 0 bridgehead atoms. The average molecular weight is 349 g/mol. The molecule has 0 heterocycles. The van der Waals surface area contributed by atoms with Gasteiger partial charge in [0.1, 0.15) is 18.2 Å². The Hall–Kier alpha value is -1.88. The minimum absolute atomic E-state index is 0.0822. The van der Waals surface area contributed by atoms with E-state index >= 15 is 0 Å². The second kappa shape index (κ2) is 10.2. The van der Waals surface area contributed by atoms with Crippen molar-refractivity contribution in [2.45, 2.75) is 65.7 Å². The molecule has 0 saturated heterocycles. The molecule has 5 heteroatoms. The van der Waals surface area contributed by atoms with E-state index in [-0.39, 0.29) is 25.1 Å². The van der Waals surface area contributed by atoms with Crippen molar-refractivity contribution in [1.82, 2.24) is 4.90 Å². The summed E-state index contributed by atoms with van der Waals surface area (Å²) in [6.45, 7) is 10.3. The van der Waals surface area contributed by atoms with Gasteiger partial charge in [0.2, 0.25) is 0 Å². The molecule has 0 aliphatic heterocycles. The number of esters is 2. The third-order valence-electron chi connectivity index (χ3n) is 3.66. The van der Waals surface area contributed by atoms with Crippen LogP contribution in [0.15, 0.2) is 30.3 Å². The lowest BCUT2D eigenvalue weighted by Crippen LogP contribution is -2.45. The lowest BCUT2D eigenvalue weighted by Gasteiger charge is -2.29. The predicted molar refractivity (Wildman–Crippen MR) is 98.0 cm³/mol. The Morgan fingerprint density at radius 1 is 1.12 bits per heavy atom. The number of rotatable bonds is 9. The Morgan fingerprint density at radius 3 is 2.28 bits per heavy atom. The fraction of sp³-hybridized carbons (Fsp3) is 0.600. The number of hydrogen-bond donors (Lipinski definition) is 0. The monoisotopic (exact) mass is 349 g/mol. The molecular formula is C20H31NO4. The van der Waals surface area contributed by atoms with Crippen molar-refractivity contribution in [2.24, 2.45) is 0 Å². The first-order valence-corrected chi connectivity index (χ1v) is 8.93. The molecule has 0 saturated carbocycles.